The van der Waals surface area contributed by atoms with E-state index in [-0.39, 0.29) is 29.3 Å². The third-order valence-corrected chi connectivity index (χ3v) is 6.50. The van der Waals surface area contributed by atoms with E-state index in [1.165, 1.54) is 7.11 Å². The molecule has 1 amide bonds. The van der Waals surface area contributed by atoms with Gasteiger partial charge in [-0.05, 0) is 42.7 Å². The summed E-state index contributed by atoms with van der Waals surface area (Å²) in [6.45, 7) is 5.68. The van der Waals surface area contributed by atoms with Gasteiger partial charge in [0.25, 0.3) is 11.5 Å². The zero-order valence-corrected chi connectivity index (χ0v) is 21.8. The Morgan fingerprint density at radius 3 is 2.43 bits per heavy atom. The summed E-state index contributed by atoms with van der Waals surface area (Å²) in [6, 6.07) is 14.3. The molecule has 0 saturated heterocycles. The summed E-state index contributed by atoms with van der Waals surface area (Å²) in [5.41, 5.74) is 1.11. The van der Waals surface area contributed by atoms with Crippen LogP contribution in [0.3, 0.4) is 0 Å². The number of fused-ring (bicyclic) bond motifs is 1. The van der Waals surface area contributed by atoms with E-state index in [0.29, 0.717) is 28.5 Å². The van der Waals surface area contributed by atoms with Gasteiger partial charge >= 0.3 is 5.97 Å². The molecule has 4 rings (SSSR count). The van der Waals surface area contributed by atoms with Crippen LogP contribution in [0.1, 0.15) is 42.7 Å². The zero-order valence-electron chi connectivity index (χ0n) is 20.9. The number of carbonyl (C=O) groups is 2. The van der Waals surface area contributed by atoms with Crippen molar-refractivity contribution in [1.82, 2.24) is 9.78 Å². The molecule has 2 aromatic carbocycles. The number of methoxy groups -OCH3 is 1. The highest BCUT2D eigenvalue weighted by atomic mass is 32.1. The molecule has 0 atom stereocenters. The van der Waals surface area contributed by atoms with E-state index in [4.69, 9.17) is 14.2 Å². The molecule has 0 saturated carbocycles. The Morgan fingerprint density at radius 2 is 1.78 bits per heavy atom. The quantitative estimate of drug-likeness (QED) is 0.316. The predicted molar refractivity (Wildman–Crippen MR) is 142 cm³/mol. The molecule has 1 N–H and O–H groups in total. The van der Waals surface area contributed by atoms with Crippen molar-refractivity contribution in [2.45, 2.75) is 26.7 Å². The van der Waals surface area contributed by atoms with Gasteiger partial charge in [0.15, 0.2) is 23.8 Å². The average Bonchev–Trinajstić information content (AvgIpc) is 3.32. The number of thiophene rings is 1. The smallest absolute Gasteiger partial charge is 0.359 e. The maximum Gasteiger partial charge on any atom is 0.359 e. The number of amides is 1. The lowest BCUT2D eigenvalue weighted by Crippen LogP contribution is -2.26. The number of para-hydroxylation sites is 2. The van der Waals surface area contributed by atoms with Gasteiger partial charge in [-0.3, -0.25) is 9.59 Å². The van der Waals surface area contributed by atoms with Crippen molar-refractivity contribution in [2.75, 3.05) is 25.6 Å². The topological polar surface area (TPSA) is 109 Å². The Labute approximate surface area is 217 Å². The molecule has 9 nitrogen and oxygen atoms in total. The van der Waals surface area contributed by atoms with Gasteiger partial charge in [-0.25, -0.2) is 4.79 Å². The van der Waals surface area contributed by atoms with Gasteiger partial charge in [0.1, 0.15) is 5.00 Å². The Balaban J connectivity index is 1.71. The lowest BCUT2D eigenvalue weighted by Gasteiger charge is -2.12. The molecule has 0 aliphatic carbocycles. The highest BCUT2D eigenvalue weighted by Crippen LogP contribution is 2.31. The van der Waals surface area contributed by atoms with E-state index in [0.717, 1.165) is 21.6 Å². The van der Waals surface area contributed by atoms with Crippen molar-refractivity contribution in [1.29, 1.82) is 0 Å². The molecule has 2 heterocycles. The van der Waals surface area contributed by atoms with E-state index in [1.807, 2.05) is 12.1 Å². The fourth-order valence-electron chi connectivity index (χ4n) is 3.71. The maximum atomic E-state index is 13.6. The molecule has 0 radical (unpaired) electrons. The number of nitrogens with zero attached hydrogens (tertiary/aromatic N) is 2. The molecule has 0 bridgehead atoms. The molecule has 0 aliphatic heterocycles. The van der Waals surface area contributed by atoms with E-state index in [2.05, 4.69) is 24.3 Å². The largest absolute Gasteiger partial charge is 0.493 e. The van der Waals surface area contributed by atoms with E-state index in [9.17, 15) is 14.4 Å². The summed E-state index contributed by atoms with van der Waals surface area (Å²) >= 11 is 1.12. The molecule has 10 heteroatoms. The Hall–Kier alpha value is -4.18. The molecule has 2 aromatic heterocycles. The molecule has 0 unspecified atom stereocenters. The minimum absolute atomic E-state index is 0.00796. The summed E-state index contributed by atoms with van der Waals surface area (Å²) in [4.78, 5) is 39.0. The first-order valence-electron chi connectivity index (χ1n) is 11.7. The lowest BCUT2D eigenvalue weighted by atomic mass is 10.0. The van der Waals surface area contributed by atoms with Gasteiger partial charge in [-0.2, -0.15) is 9.78 Å². The van der Waals surface area contributed by atoms with Gasteiger partial charge in [-0.1, -0.05) is 38.1 Å². The van der Waals surface area contributed by atoms with Crippen LogP contribution in [0.2, 0.25) is 0 Å². The molecule has 0 aliphatic rings. The van der Waals surface area contributed by atoms with Crippen molar-refractivity contribution >= 4 is 39.0 Å². The summed E-state index contributed by atoms with van der Waals surface area (Å²) in [7, 11) is 1.51. The van der Waals surface area contributed by atoms with Gasteiger partial charge in [0.2, 0.25) is 0 Å². The van der Waals surface area contributed by atoms with Gasteiger partial charge in [0, 0.05) is 10.8 Å². The van der Waals surface area contributed by atoms with Gasteiger partial charge < -0.3 is 19.5 Å². The molecule has 192 valence electrons. The molecular weight excluding hydrogens is 494 g/mol. The monoisotopic (exact) mass is 521 g/mol. The zero-order chi connectivity index (χ0) is 26.5. The SMILES string of the molecule is CCOC(=O)c1nn(-c2ccc(C(C)C)cc2)c(=O)c2c(NC(=O)COc3ccccc3OC)scc12. The second-order valence-corrected chi connectivity index (χ2v) is 9.25. The first kappa shape index (κ1) is 25.9. The highest BCUT2D eigenvalue weighted by molar-refractivity contribution is 7.16. The Kier molecular flexibility index (Phi) is 7.88. The van der Waals surface area contributed by atoms with Crippen LogP contribution in [0.25, 0.3) is 16.5 Å². The van der Waals surface area contributed by atoms with Crippen LogP contribution >= 0.6 is 11.3 Å². The lowest BCUT2D eigenvalue weighted by molar-refractivity contribution is -0.118. The molecule has 37 heavy (non-hydrogen) atoms. The van der Waals surface area contributed by atoms with Crippen LogP contribution in [0.4, 0.5) is 5.00 Å². The van der Waals surface area contributed by atoms with E-state index in [1.54, 1.807) is 48.7 Å². The van der Waals surface area contributed by atoms with Crippen molar-refractivity contribution in [3.05, 3.63) is 75.5 Å². The number of rotatable bonds is 9. The Bertz CT molecular complexity index is 1490. The molecule has 0 fully saturated rings. The second kappa shape index (κ2) is 11.3. The third-order valence-electron chi connectivity index (χ3n) is 5.61. The minimum Gasteiger partial charge on any atom is -0.493 e. The average molecular weight is 522 g/mol. The van der Waals surface area contributed by atoms with Crippen LogP contribution < -0.4 is 20.3 Å². The number of aromatic nitrogens is 2. The summed E-state index contributed by atoms with van der Waals surface area (Å²) in [6.07, 6.45) is 0. The summed E-state index contributed by atoms with van der Waals surface area (Å²) in [5, 5.41) is 9.45. The first-order valence-corrected chi connectivity index (χ1v) is 12.6. The number of hydrogen-bond acceptors (Lipinski definition) is 8. The summed E-state index contributed by atoms with van der Waals surface area (Å²) in [5.74, 6) is 0.0882. The number of ether oxygens (including phenoxy) is 3. The van der Waals surface area contributed by atoms with Crippen LogP contribution in [0.5, 0.6) is 11.5 Å². The molecule has 4 aromatic rings. The number of hydrogen-bond donors (Lipinski definition) is 1. The molecule has 0 spiro atoms. The van der Waals surface area contributed by atoms with Crippen LogP contribution in [-0.2, 0) is 9.53 Å². The van der Waals surface area contributed by atoms with Crippen LogP contribution in [-0.4, -0.2) is 42.0 Å². The van der Waals surface area contributed by atoms with Crippen LogP contribution in [0, 0.1) is 0 Å². The fraction of sp³-hybridized carbons (Fsp3) is 0.259. The highest BCUT2D eigenvalue weighted by Gasteiger charge is 2.23. The van der Waals surface area contributed by atoms with E-state index >= 15 is 0 Å². The van der Waals surface area contributed by atoms with Gasteiger partial charge in [0.05, 0.1) is 24.8 Å². The Morgan fingerprint density at radius 1 is 1.08 bits per heavy atom. The minimum atomic E-state index is -0.657. The van der Waals surface area contributed by atoms with Crippen molar-refractivity contribution < 1.29 is 23.8 Å². The number of esters is 1. The second-order valence-electron chi connectivity index (χ2n) is 8.37. The maximum absolute atomic E-state index is 13.6. The van der Waals surface area contributed by atoms with Crippen molar-refractivity contribution in [3.63, 3.8) is 0 Å². The number of carbonyl (C=O) groups excluding carboxylic acids is 2. The van der Waals surface area contributed by atoms with Crippen molar-refractivity contribution in [3.8, 4) is 17.2 Å². The number of nitrogens with one attached hydrogen (secondary N) is 1. The standard InChI is InChI=1S/C27H27N3O6S/c1-5-35-27(33)24-19-15-37-25(28-22(31)14-36-21-9-7-6-8-20(21)34-4)23(19)26(32)30(29-24)18-12-10-17(11-13-18)16(2)3/h6-13,15-16H,5,14H2,1-4H3,(H,28,31). The normalized spacial score (nSPS) is 10.9. The summed E-state index contributed by atoms with van der Waals surface area (Å²) < 4.78 is 17.2. The number of benzene rings is 2. The number of anilines is 1. The fourth-order valence-corrected chi connectivity index (χ4v) is 4.66. The van der Waals surface area contributed by atoms with Crippen molar-refractivity contribution in [2.24, 2.45) is 0 Å². The first-order chi connectivity index (χ1) is 17.8. The predicted octanol–water partition coefficient (Wildman–Crippen LogP) is 4.77. The third kappa shape index (κ3) is 5.49. The van der Waals surface area contributed by atoms with Gasteiger partial charge in [-0.15, -0.1) is 11.3 Å². The van der Waals surface area contributed by atoms with E-state index < -0.39 is 17.4 Å². The van der Waals surface area contributed by atoms with Crippen LogP contribution in [0.15, 0.2) is 58.7 Å². The molecular formula is C27H27N3O6S.